The second-order valence-corrected chi connectivity index (χ2v) is 7.44. The molecule has 9 heteroatoms. The molecule has 0 spiro atoms. The average molecular weight is 423 g/mol. The predicted octanol–water partition coefficient (Wildman–Crippen LogP) is 2.25. The number of rotatable bonds is 8. The molecule has 0 radical (unpaired) electrons. The third-order valence-electron chi connectivity index (χ3n) is 5.43. The zero-order valence-electron chi connectivity index (χ0n) is 17.2. The lowest BCUT2D eigenvalue weighted by Gasteiger charge is -2.27. The van der Waals surface area contributed by atoms with Crippen LogP contribution in [0.1, 0.15) is 16.2 Å². The number of nitro groups is 1. The number of amides is 1. The number of ether oxygens (including phenoxy) is 1. The molecule has 0 atom stereocenters. The molecule has 0 bridgehead atoms. The van der Waals surface area contributed by atoms with Crippen molar-refractivity contribution in [2.45, 2.75) is 13.0 Å². The number of hydrogen-bond acceptors (Lipinski definition) is 6. The van der Waals surface area contributed by atoms with Gasteiger partial charge in [0.2, 0.25) is 0 Å². The van der Waals surface area contributed by atoms with Crippen molar-refractivity contribution >= 4 is 22.6 Å². The van der Waals surface area contributed by atoms with E-state index >= 15 is 0 Å². The summed E-state index contributed by atoms with van der Waals surface area (Å²) in [6, 6.07) is 13.8. The fraction of sp³-hybridized carbons (Fsp3) is 0.364. The molecule has 4 rings (SSSR count). The maximum atomic E-state index is 12.4. The lowest BCUT2D eigenvalue weighted by molar-refractivity contribution is -0.384. The fourth-order valence-corrected chi connectivity index (χ4v) is 3.78. The van der Waals surface area contributed by atoms with E-state index in [4.69, 9.17) is 9.72 Å². The summed E-state index contributed by atoms with van der Waals surface area (Å²) in [5.74, 6) is 0.577. The summed E-state index contributed by atoms with van der Waals surface area (Å²) in [4.78, 5) is 30.0. The molecule has 1 N–H and O–H groups in total. The fourth-order valence-electron chi connectivity index (χ4n) is 3.78. The molecule has 1 saturated heterocycles. The molecular formula is C22H25N5O4. The van der Waals surface area contributed by atoms with E-state index in [2.05, 4.69) is 20.9 Å². The van der Waals surface area contributed by atoms with Crippen LogP contribution in [-0.2, 0) is 17.7 Å². The molecule has 31 heavy (non-hydrogen) atoms. The highest BCUT2D eigenvalue weighted by Crippen LogP contribution is 2.17. The zero-order valence-corrected chi connectivity index (χ0v) is 17.2. The van der Waals surface area contributed by atoms with Crippen LogP contribution < -0.4 is 5.32 Å². The van der Waals surface area contributed by atoms with Gasteiger partial charge in [-0.1, -0.05) is 18.2 Å². The molecule has 0 unspecified atom stereocenters. The van der Waals surface area contributed by atoms with Crippen LogP contribution in [0, 0.1) is 10.1 Å². The van der Waals surface area contributed by atoms with Crippen LogP contribution in [0.25, 0.3) is 11.0 Å². The van der Waals surface area contributed by atoms with Crippen molar-refractivity contribution in [1.82, 2.24) is 19.8 Å². The molecule has 1 aromatic heterocycles. The van der Waals surface area contributed by atoms with Crippen LogP contribution in [0.3, 0.4) is 0 Å². The topological polar surface area (TPSA) is 103 Å². The molecule has 1 fully saturated rings. The molecule has 162 valence electrons. The predicted molar refractivity (Wildman–Crippen MR) is 116 cm³/mol. The van der Waals surface area contributed by atoms with Crippen LogP contribution in [-0.4, -0.2) is 64.7 Å². The monoisotopic (exact) mass is 423 g/mol. The second kappa shape index (κ2) is 9.67. The minimum Gasteiger partial charge on any atom is -0.379 e. The Morgan fingerprint density at radius 1 is 1.13 bits per heavy atom. The number of carbonyl (C=O) groups is 1. The first-order valence-corrected chi connectivity index (χ1v) is 10.4. The van der Waals surface area contributed by atoms with Crippen LogP contribution in [0.5, 0.6) is 0 Å². The minimum atomic E-state index is -0.506. The molecule has 0 aliphatic carbocycles. The highest BCUT2D eigenvalue weighted by atomic mass is 16.6. The summed E-state index contributed by atoms with van der Waals surface area (Å²) in [5, 5.41) is 13.8. The Labute approximate surface area is 179 Å². The van der Waals surface area contributed by atoms with Crippen molar-refractivity contribution in [2.75, 3.05) is 39.4 Å². The number of non-ortho nitro benzene ring substituents is 1. The van der Waals surface area contributed by atoms with E-state index < -0.39 is 4.92 Å². The summed E-state index contributed by atoms with van der Waals surface area (Å²) in [5.41, 5.74) is 2.19. The van der Waals surface area contributed by atoms with Gasteiger partial charge in [0, 0.05) is 56.8 Å². The van der Waals surface area contributed by atoms with Crippen molar-refractivity contribution < 1.29 is 14.5 Å². The first-order valence-electron chi connectivity index (χ1n) is 10.4. The van der Waals surface area contributed by atoms with E-state index in [9.17, 15) is 14.9 Å². The third kappa shape index (κ3) is 5.07. The highest BCUT2D eigenvalue weighted by Gasteiger charge is 2.15. The zero-order chi connectivity index (χ0) is 21.6. The lowest BCUT2D eigenvalue weighted by Crippen LogP contribution is -2.38. The van der Waals surface area contributed by atoms with Gasteiger partial charge in [-0.05, 0) is 18.2 Å². The van der Waals surface area contributed by atoms with Gasteiger partial charge in [0.05, 0.1) is 29.2 Å². The third-order valence-corrected chi connectivity index (χ3v) is 5.43. The van der Waals surface area contributed by atoms with Crippen LogP contribution in [0.2, 0.25) is 0 Å². The van der Waals surface area contributed by atoms with Gasteiger partial charge in [0.15, 0.2) is 0 Å². The van der Waals surface area contributed by atoms with E-state index in [1.54, 1.807) is 6.07 Å². The maximum absolute atomic E-state index is 12.4. The van der Waals surface area contributed by atoms with E-state index in [1.807, 2.05) is 18.2 Å². The van der Waals surface area contributed by atoms with E-state index in [1.165, 1.54) is 18.2 Å². The number of morpholine rings is 1. The molecule has 0 saturated carbocycles. The molecule has 3 aromatic rings. The van der Waals surface area contributed by atoms with Gasteiger partial charge in [0.25, 0.3) is 11.6 Å². The maximum Gasteiger partial charge on any atom is 0.270 e. The number of para-hydroxylation sites is 2. The van der Waals surface area contributed by atoms with Gasteiger partial charge in [-0.2, -0.15) is 0 Å². The smallest absolute Gasteiger partial charge is 0.270 e. The van der Waals surface area contributed by atoms with Crippen molar-refractivity contribution in [3.8, 4) is 0 Å². The molecule has 1 aliphatic heterocycles. The van der Waals surface area contributed by atoms with Gasteiger partial charge in [0.1, 0.15) is 5.82 Å². The number of benzene rings is 2. The second-order valence-electron chi connectivity index (χ2n) is 7.44. The summed E-state index contributed by atoms with van der Waals surface area (Å²) in [6.07, 6.45) is 0.568. The quantitative estimate of drug-likeness (QED) is 0.440. The van der Waals surface area contributed by atoms with Gasteiger partial charge < -0.3 is 14.6 Å². The summed E-state index contributed by atoms with van der Waals surface area (Å²) >= 11 is 0. The number of carbonyl (C=O) groups excluding carboxylic acids is 1. The van der Waals surface area contributed by atoms with Crippen LogP contribution in [0.15, 0.2) is 48.5 Å². The Morgan fingerprint density at radius 2 is 1.94 bits per heavy atom. The van der Waals surface area contributed by atoms with Gasteiger partial charge >= 0.3 is 0 Å². The van der Waals surface area contributed by atoms with Crippen molar-refractivity contribution in [2.24, 2.45) is 0 Å². The molecule has 1 amide bonds. The largest absolute Gasteiger partial charge is 0.379 e. The molecule has 1 aliphatic rings. The Bertz CT molecular complexity index is 1070. The van der Waals surface area contributed by atoms with Crippen molar-refractivity contribution in [1.29, 1.82) is 0 Å². The number of imidazole rings is 1. The number of nitrogens with zero attached hydrogens (tertiary/aromatic N) is 4. The van der Waals surface area contributed by atoms with Gasteiger partial charge in [-0.15, -0.1) is 0 Å². The first kappa shape index (κ1) is 21.0. The number of nitrogens with one attached hydrogen (secondary N) is 1. The van der Waals surface area contributed by atoms with E-state index in [0.29, 0.717) is 13.0 Å². The van der Waals surface area contributed by atoms with E-state index in [-0.39, 0.29) is 17.2 Å². The summed E-state index contributed by atoms with van der Waals surface area (Å²) < 4.78 is 7.64. The Kier molecular flexibility index (Phi) is 6.54. The average Bonchev–Trinajstić information content (AvgIpc) is 3.15. The lowest BCUT2D eigenvalue weighted by atomic mass is 10.2. The number of hydrogen-bond donors (Lipinski definition) is 1. The normalized spacial score (nSPS) is 14.6. The molecular weight excluding hydrogens is 398 g/mol. The van der Waals surface area contributed by atoms with Crippen LogP contribution in [0.4, 0.5) is 5.69 Å². The molecule has 9 nitrogen and oxygen atoms in total. The summed E-state index contributed by atoms with van der Waals surface area (Å²) in [6.45, 7) is 5.51. The van der Waals surface area contributed by atoms with Crippen molar-refractivity contribution in [3.63, 3.8) is 0 Å². The standard InChI is InChI=1S/C22H25N5O4/c28-22(17-4-3-5-18(16-17)27(29)30)23-9-8-21-24-19-6-1-2-7-20(19)26(21)11-10-25-12-14-31-15-13-25/h1-7,16H,8-15H2,(H,23,28). The highest BCUT2D eigenvalue weighted by molar-refractivity contribution is 5.94. The summed E-state index contributed by atoms with van der Waals surface area (Å²) in [7, 11) is 0. The Morgan fingerprint density at radius 3 is 2.74 bits per heavy atom. The van der Waals surface area contributed by atoms with Gasteiger partial charge in [-0.3, -0.25) is 19.8 Å². The number of nitro benzene ring substituents is 1. The first-order chi connectivity index (χ1) is 15.1. The SMILES string of the molecule is O=C(NCCc1nc2ccccc2n1CCN1CCOCC1)c1cccc([N+](=O)[O-])c1. The number of aromatic nitrogens is 2. The van der Waals surface area contributed by atoms with E-state index in [0.717, 1.165) is 56.3 Å². The minimum absolute atomic E-state index is 0.0995. The Hall–Kier alpha value is -3.30. The Balaban J connectivity index is 1.42. The molecule has 2 aromatic carbocycles. The molecule has 2 heterocycles. The number of fused-ring (bicyclic) bond motifs is 1. The van der Waals surface area contributed by atoms with Crippen molar-refractivity contribution in [3.05, 3.63) is 70.0 Å². The van der Waals surface area contributed by atoms with Crippen LogP contribution >= 0.6 is 0 Å². The van der Waals surface area contributed by atoms with Gasteiger partial charge in [-0.25, -0.2) is 4.98 Å².